The van der Waals surface area contributed by atoms with Crippen molar-refractivity contribution in [3.05, 3.63) is 45.6 Å². The summed E-state index contributed by atoms with van der Waals surface area (Å²) >= 11 is 1.87. The predicted octanol–water partition coefficient (Wildman–Crippen LogP) is 4.56. The van der Waals surface area contributed by atoms with Crippen molar-refractivity contribution >= 4 is 11.3 Å². The summed E-state index contributed by atoms with van der Waals surface area (Å²) in [7, 11) is 0. The van der Waals surface area contributed by atoms with Gasteiger partial charge >= 0.3 is 0 Å². The van der Waals surface area contributed by atoms with Gasteiger partial charge in [0.25, 0.3) is 0 Å². The van der Waals surface area contributed by atoms with E-state index in [1.165, 1.54) is 10.4 Å². The zero-order chi connectivity index (χ0) is 11.1. The first-order valence-electron chi connectivity index (χ1n) is 5.74. The molecule has 0 saturated carbocycles. The first kappa shape index (κ1) is 12.3. The lowest BCUT2D eigenvalue weighted by Crippen LogP contribution is -1.92. The summed E-state index contributed by atoms with van der Waals surface area (Å²) in [5.74, 6) is 0. The number of rotatable bonds is 3. The van der Waals surface area contributed by atoms with Gasteiger partial charge in [0.2, 0.25) is 0 Å². The topological polar surface area (TPSA) is 0 Å². The van der Waals surface area contributed by atoms with E-state index in [-0.39, 0.29) is 0 Å². The lowest BCUT2D eigenvalue weighted by molar-refractivity contribution is 1.01. The third-order valence-electron chi connectivity index (χ3n) is 2.59. The molecule has 0 nitrogen and oxygen atoms in total. The molecular weight excluding hydrogens is 200 g/mol. The lowest BCUT2D eigenvalue weighted by atomic mass is 10.0. The fraction of sp³-hybridized carbons (Fsp3) is 0.429. The Labute approximate surface area is 97.3 Å². The Morgan fingerprint density at radius 3 is 2.33 bits per heavy atom. The molecule has 0 N–H and O–H groups in total. The zero-order valence-electron chi connectivity index (χ0n) is 9.92. The average Bonchev–Trinajstić information content (AvgIpc) is 2.37. The van der Waals surface area contributed by atoms with Crippen LogP contribution < -0.4 is 0 Å². The summed E-state index contributed by atoms with van der Waals surface area (Å²) in [5.41, 5.74) is 3.03. The number of hydrogen-bond acceptors (Lipinski definition) is 1. The Morgan fingerprint density at radius 2 is 1.73 bits per heavy atom. The van der Waals surface area contributed by atoms with Gasteiger partial charge in [-0.3, -0.25) is 0 Å². The zero-order valence-corrected chi connectivity index (χ0v) is 10.7. The molecule has 1 heterocycles. The molecule has 0 saturated heterocycles. The van der Waals surface area contributed by atoms with Crippen LogP contribution in [0.1, 0.15) is 36.8 Å². The quantitative estimate of drug-likeness (QED) is 0.700. The van der Waals surface area contributed by atoms with Gasteiger partial charge in [0.15, 0.2) is 0 Å². The molecule has 0 aromatic carbocycles. The van der Waals surface area contributed by atoms with Gasteiger partial charge < -0.3 is 0 Å². The molecular formula is C14H20S. The van der Waals surface area contributed by atoms with Crippen LogP contribution >= 0.6 is 11.3 Å². The highest BCUT2D eigenvalue weighted by Gasteiger charge is 2.01. The summed E-state index contributed by atoms with van der Waals surface area (Å²) < 4.78 is 0. The predicted molar refractivity (Wildman–Crippen MR) is 70.1 cm³/mol. The first-order chi connectivity index (χ1) is 7.33. The van der Waals surface area contributed by atoms with E-state index in [2.05, 4.69) is 50.4 Å². The molecule has 0 radical (unpaired) electrons. The second-order valence-electron chi connectivity index (χ2n) is 3.49. The van der Waals surface area contributed by atoms with Gasteiger partial charge in [0.05, 0.1) is 0 Å². The monoisotopic (exact) mass is 220 g/mol. The molecule has 0 unspecified atom stereocenters. The van der Waals surface area contributed by atoms with E-state index < -0.39 is 0 Å². The third-order valence-corrected chi connectivity index (χ3v) is 3.70. The number of aryl methyl sites for hydroxylation is 2. The molecule has 0 fully saturated rings. The van der Waals surface area contributed by atoms with Gasteiger partial charge in [-0.25, -0.2) is 0 Å². The molecule has 0 aliphatic rings. The van der Waals surface area contributed by atoms with Crippen LogP contribution in [0.5, 0.6) is 0 Å². The maximum Gasteiger partial charge on any atom is 0.00768 e. The highest BCUT2D eigenvalue weighted by Crippen LogP contribution is 2.17. The van der Waals surface area contributed by atoms with Crippen molar-refractivity contribution in [2.45, 2.75) is 40.0 Å². The molecule has 0 spiro atoms. The van der Waals surface area contributed by atoms with E-state index in [0.29, 0.717) is 0 Å². The lowest BCUT2D eigenvalue weighted by Gasteiger charge is -2.06. The molecule has 1 heteroatoms. The van der Waals surface area contributed by atoms with Crippen LogP contribution in [-0.2, 0) is 19.3 Å². The van der Waals surface area contributed by atoms with Crippen LogP contribution in [0.2, 0.25) is 0 Å². The van der Waals surface area contributed by atoms with E-state index in [4.69, 9.17) is 0 Å². The minimum Gasteiger partial charge on any atom is -0.149 e. The van der Waals surface area contributed by atoms with Crippen molar-refractivity contribution < 1.29 is 0 Å². The average molecular weight is 220 g/mol. The van der Waals surface area contributed by atoms with E-state index in [1.54, 1.807) is 5.56 Å². The fourth-order valence-electron chi connectivity index (χ4n) is 1.81. The van der Waals surface area contributed by atoms with Crippen LogP contribution in [0.15, 0.2) is 29.6 Å². The van der Waals surface area contributed by atoms with Gasteiger partial charge in [-0.1, -0.05) is 45.0 Å². The van der Waals surface area contributed by atoms with E-state index >= 15 is 0 Å². The van der Waals surface area contributed by atoms with Gasteiger partial charge in [-0.15, -0.1) is 11.3 Å². The van der Waals surface area contributed by atoms with Crippen LogP contribution in [0.25, 0.3) is 0 Å². The van der Waals surface area contributed by atoms with Gasteiger partial charge in [-0.2, -0.15) is 0 Å². The summed E-state index contributed by atoms with van der Waals surface area (Å²) in [6.07, 6.45) is 3.39. The van der Waals surface area contributed by atoms with E-state index in [1.807, 2.05) is 11.3 Å². The van der Waals surface area contributed by atoms with Gasteiger partial charge in [-0.05, 0) is 35.8 Å². The fourth-order valence-corrected chi connectivity index (χ4v) is 2.72. The minimum atomic E-state index is 1.12. The molecule has 0 amide bonds. The van der Waals surface area contributed by atoms with Crippen molar-refractivity contribution in [1.82, 2.24) is 0 Å². The van der Waals surface area contributed by atoms with Crippen molar-refractivity contribution in [2.75, 3.05) is 0 Å². The summed E-state index contributed by atoms with van der Waals surface area (Å²) in [6.45, 7) is 6.73. The highest BCUT2D eigenvalue weighted by molar-refractivity contribution is 7.09. The Hall–Kier alpha value is -0.820. The molecule has 82 valence electrons. The third kappa shape index (κ3) is 3.35. The SMILES string of the molecule is CCc1cccccsc(CC)c1CC. The van der Waals surface area contributed by atoms with Crippen LogP contribution in [0.3, 0.4) is 0 Å². The molecule has 1 rings (SSSR count). The first-order valence-corrected chi connectivity index (χ1v) is 6.62. The van der Waals surface area contributed by atoms with E-state index in [9.17, 15) is 0 Å². The molecule has 0 aliphatic heterocycles. The van der Waals surface area contributed by atoms with Gasteiger partial charge in [0.1, 0.15) is 0 Å². The Morgan fingerprint density at radius 1 is 0.933 bits per heavy atom. The van der Waals surface area contributed by atoms with Crippen molar-refractivity contribution in [3.63, 3.8) is 0 Å². The smallest absolute Gasteiger partial charge is 0.00768 e. The Balaban J connectivity index is 3.46. The van der Waals surface area contributed by atoms with Crippen molar-refractivity contribution in [2.24, 2.45) is 0 Å². The highest BCUT2D eigenvalue weighted by atomic mass is 32.1. The largest absolute Gasteiger partial charge is 0.149 e. The van der Waals surface area contributed by atoms with Crippen LogP contribution in [0.4, 0.5) is 0 Å². The normalized spacial score (nSPS) is 9.80. The van der Waals surface area contributed by atoms with Crippen molar-refractivity contribution in [1.29, 1.82) is 0 Å². The molecule has 0 atom stereocenters. The van der Waals surface area contributed by atoms with E-state index in [0.717, 1.165) is 19.3 Å². The van der Waals surface area contributed by atoms with Crippen LogP contribution in [0, 0.1) is 0 Å². The Bertz CT molecular complexity index is 316. The minimum absolute atomic E-state index is 1.12. The summed E-state index contributed by atoms with van der Waals surface area (Å²) in [6, 6.07) is 8.62. The molecule has 1 aromatic rings. The molecule has 0 bridgehead atoms. The second kappa shape index (κ2) is 6.62. The maximum absolute atomic E-state index is 2.25. The standard InChI is InChI=1S/C14H20S/c1-4-12-10-8-7-9-11-15-14(6-3)13(12)5-2/h7-11H,4-6H2,1-3H3. The van der Waals surface area contributed by atoms with Crippen LogP contribution in [-0.4, -0.2) is 0 Å². The second-order valence-corrected chi connectivity index (χ2v) is 4.49. The molecule has 1 aromatic heterocycles. The van der Waals surface area contributed by atoms with Crippen molar-refractivity contribution in [3.8, 4) is 0 Å². The summed E-state index contributed by atoms with van der Waals surface area (Å²) in [4.78, 5) is 1.52. The van der Waals surface area contributed by atoms with Gasteiger partial charge in [0, 0.05) is 4.88 Å². The number of hydrogen-bond donors (Lipinski definition) is 0. The Kier molecular flexibility index (Phi) is 5.41. The maximum atomic E-state index is 2.25. The molecule has 15 heavy (non-hydrogen) atoms. The molecule has 0 aliphatic carbocycles. The summed E-state index contributed by atoms with van der Waals surface area (Å²) in [5, 5.41) is 2.18.